The van der Waals surface area contributed by atoms with Gasteiger partial charge >= 0.3 is 0 Å². The lowest BCUT2D eigenvalue weighted by Gasteiger charge is -2.40. The van der Waals surface area contributed by atoms with E-state index >= 15 is 0 Å². The predicted molar refractivity (Wildman–Crippen MR) is 109 cm³/mol. The maximum Gasteiger partial charge on any atom is 0.253 e. The van der Waals surface area contributed by atoms with Crippen LogP contribution in [0.4, 0.5) is 0 Å². The number of thioether (sulfide) groups is 1. The van der Waals surface area contributed by atoms with Crippen LogP contribution < -0.4 is 10.1 Å². The summed E-state index contributed by atoms with van der Waals surface area (Å²) in [5.41, 5.74) is 0.782. The topological polar surface area (TPSA) is 41.6 Å². The van der Waals surface area contributed by atoms with Crippen molar-refractivity contribution in [3.05, 3.63) is 60.2 Å². The average Bonchev–Trinajstić information content (AvgIpc) is 2.75. The lowest BCUT2D eigenvalue weighted by atomic mass is 9.86. The maximum absolute atomic E-state index is 12.7. The number of fused-ring (bicyclic) bond motifs is 1. The number of rotatable bonds is 4. The molecule has 1 N–H and O–H groups in total. The van der Waals surface area contributed by atoms with Gasteiger partial charge in [0.1, 0.15) is 11.9 Å². The second kappa shape index (κ2) is 8.36. The summed E-state index contributed by atoms with van der Waals surface area (Å²) in [7, 11) is 2.03. The van der Waals surface area contributed by atoms with Gasteiger partial charge in [-0.1, -0.05) is 30.3 Å². The van der Waals surface area contributed by atoms with Gasteiger partial charge in [0, 0.05) is 35.3 Å². The Kier molecular flexibility index (Phi) is 5.69. The lowest BCUT2D eigenvalue weighted by molar-refractivity contribution is 0.0609. The summed E-state index contributed by atoms with van der Waals surface area (Å²) in [6.07, 6.45) is 2.18. The smallest absolute Gasteiger partial charge is 0.253 e. The van der Waals surface area contributed by atoms with Crippen LogP contribution in [0.1, 0.15) is 23.2 Å². The molecule has 2 aliphatic rings. The lowest BCUT2D eigenvalue weighted by Crippen LogP contribution is -2.52. The van der Waals surface area contributed by atoms with Crippen LogP contribution in [-0.4, -0.2) is 48.8 Å². The average molecular weight is 383 g/mol. The third-order valence-corrected chi connectivity index (χ3v) is 6.76. The molecule has 2 atom stereocenters. The van der Waals surface area contributed by atoms with Gasteiger partial charge in [-0.2, -0.15) is 0 Å². The monoisotopic (exact) mass is 382 g/mol. The molecular weight excluding hydrogens is 356 g/mol. The summed E-state index contributed by atoms with van der Waals surface area (Å²) >= 11 is 1.88. The number of likely N-dealkylation sites (N-methyl/N-ethyl adjacent to an activating group) is 1. The highest BCUT2D eigenvalue weighted by molar-refractivity contribution is 7.99. The van der Waals surface area contributed by atoms with Gasteiger partial charge in [0.2, 0.25) is 0 Å². The number of carbonyl (C=O) groups excluding carboxylic acids is 1. The first-order chi connectivity index (χ1) is 13.3. The molecule has 0 radical (unpaired) electrons. The quantitative estimate of drug-likeness (QED) is 0.876. The van der Waals surface area contributed by atoms with Crippen molar-refractivity contribution in [2.24, 2.45) is 5.92 Å². The summed E-state index contributed by atoms with van der Waals surface area (Å²) in [4.78, 5) is 15.9. The largest absolute Gasteiger partial charge is 0.487 e. The summed E-state index contributed by atoms with van der Waals surface area (Å²) in [5.74, 6) is 2.63. The Morgan fingerprint density at radius 1 is 1.11 bits per heavy atom. The van der Waals surface area contributed by atoms with Gasteiger partial charge in [-0.25, -0.2) is 0 Å². The Morgan fingerprint density at radius 2 is 1.81 bits per heavy atom. The van der Waals surface area contributed by atoms with Crippen molar-refractivity contribution in [3.8, 4) is 5.75 Å². The van der Waals surface area contributed by atoms with Crippen LogP contribution in [0.5, 0.6) is 5.75 Å². The zero-order valence-electron chi connectivity index (χ0n) is 15.6. The van der Waals surface area contributed by atoms with Gasteiger partial charge in [0.25, 0.3) is 5.91 Å². The van der Waals surface area contributed by atoms with E-state index in [-0.39, 0.29) is 12.0 Å². The molecule has 0 aromatic heterocycles. The highest BCUT2D eigenvalue weighted by atomic mass is 32.2. The number of hydrogen-bond donors (Lipinski definition) is 1. The molecule has 2 aromatic carbocycles. The zero-order chi connectivity index (χ0) is 18.6. The first-order valence-electron chi connectivity index (χ1n) is 9.66. The molecule has 0 spiro atoms. The van der Waals surface area contributed by atoms with Crippen LogP contribution in [0, 0.1) is 5.92 Å². The van der Waals surface area contributed by atoms with E-state index in [1.54, 1.807) is 0 Å². The fraction of sp³-hybridized carbons (Fsp3) is 0.409. The van der Waals surface area contributed by atoms with Gasteiger partial charge in [0.15, 0.2) is 0 Å². The van der Waals surface area contributed by atoms with Gasteiger partial charge in [-0.15, -0.1) is 11.8 Å². The van der Waals surface area contributed by atoms with E-state index in [0.717, 1.165) is 43.0 Å². The van der Waals surface area contributed by atoms with E-state index in [2.05, 4.69) is 23.5 Å². The van der Waals surface area contributed by atoms with E-state index in [0.29, 0.717) is 12.0 Å². The molecule has 5 heteroatoms. The van der Waals surface area contributed by atoms with Crippen LogP contribution in [0.3, 0.4) is 0 Å². The molecule has 1 fully saturated rings. The Labute approximate surface area is 165 Å². The molecule has 1 saturated heterocycles. The van der Waals surface area contributed by atoms with E-state index in [1.165, 1.54) is 4.90 Å². The molecule has 4 rings (SSSR count). The van der Waals surface area contributed by atoms with E-state index < -0.39 is 0 Å². The Morgan fingerprint density at radius 3 is 2.56 bits per heavy atom. The van der Waals surface area contributed by atoms with E-state index in [1.807, 2.05) is 60.1 Å². The Balaban J connectivity index is 1.37. The van der Waals surface area contributed by atoms with Crippen molar-refractivity contribution in [1.82, 2.24) is 10.2 Å². The first-order valence-corrected chi connectivity index (χ1v) is 10.6. The highest BCUT2D eigenvalue weighted by Crippen LogP contribution is 2.37. The minimum atomic E-state index is 0.147. The van der Waals surface area contributed by atoms with Gasteiger partial charge < -0.3 is 15.0 Å². The number of para-hydroxylation sites is 1. The van der Waals surface area contributed by atoms with Crippen molar-refractivity contribution >= 4 is 17.7 Å². The van der Waals surface area contributed by atoms with E-state index in [4.69, 9.17) is 4.74 Å². The Bertz CT molecular complexity index is 775. The molecule has 2 heterocycles. The van der Waals surface area contributed by atoms with Gasteiger partial charge in [-0.05, 0) is 50.1 Å². The van der Waals surface area contributed by atoms with Crippen LogP contribution >= 0.6 is 11.8 Å². The first kappa shape index (κ1) is 18.4. The number of likely N-dealkylation sites (tertiary alicyclic amines) is 1. The molecule has 2 aliphatic heterocycles. The van der Waals surface area contributed by atoms with Gasteiger partial charge in [0.05, 0.1) is 0 Å². The molecule has 27 heavy (non-hydrogen) atoms. The SMILES string of the molecule is CNC(C1CCN(C(=O)c2ccccc2)CC1)C1CSc2ccccc2O1. The van der Waals surface area contributed by atoms with Crippen molar-refractivity contribution in [1.29, 1.82) is 0 Å². The van der Waals surface area contributed by atoms with Crippen molar-refractivity contribution in [2.75, 3.05) is 25.9 Å². The second-order valence-electron chi connectivity index (χ2n) is 7.22. The molecule has 0 aliphatic carbocycles. The van der Waals surface area contributed by atoms with Crippen LogP contribution in [-0.2, 0) is 0 Å². The molecule has 4 nitrogen and oxygen atoms in total. The fourth-order valence-electron chi connectivity index (χ4n) is 4.16. The second-order valence-corrected chi connectivity index (χ2v) is 8.29. The summed E-state index contributed by atoms with van der Waals surface area (Å²) in [5, 5.41) is 3.51. The van der Waals surface area contributed by atoms with Crippen molar-refractivity contribution < 1.29 is 9.53 Å². The highest BCUT2D eigenvalue weighted by Gasteiger charge is 2.35. The van der Waals surface area contributed by atoms with Gasteiger partial charge in [-0.3, -0.25) is 4.79 Å². The minimum Gasteiger partial charge on any atom is -0.487 e. The number of benzene rings is 2. The molecule has 2 aromatic rings. The molecule has 1 amide bonds. The predicted octanol–water partition coefficient (Wildman–Crippen LogP) is 3.68. The van der Waals surface area contributed by atoms with Crippen LogP contribution in [0.2, 0.25) is 0 Å². The maximum atomic E-state index is 12.7. The number of nitrogens with one attached hydrogen (secondary N) is 1. The number of ether oxygens (including phenoxy) is 1. The number of nitrogens with zero attached hydrogens (tertiary/aromatic N) is 1. The zero-order valence-corrected chi connectivity index (χ0v) is 16.5. The van der Waals surface area contributed by atoms with Crippen molar-refractivity contribution in [2.45, 2.75) is 29.9 Å². The molecule has 2 unspecified atom stereocenters. The number of hydrogen-bond acceptors (Lipinski definition) is 4. The fourth-order valence-corrected chi connectivity index (χ4v) is 5.22. The third kappa shape index (κ3) is 3.99. The van der Waals surface area contributed by atoms with Crippen molar-refractivity contribution in [3.63, 3.8) is 0 Å². The molecular formula is C22H26N2O2S. The Hall–Kier alpha value is -1.98. The standard InChI is InChI=1S/C22H26N2O2S/c1-23-21(19-15-27-20-10-6-5-9-18(20)26-19)16-11-13-24(14-12-16)22(25)17-7-3-2-4-8-17/h2-10,16,19,21,23H,11-15H2,1H3. The number of amides is 1. The molecule has 0 saturated carbocycles. The molecule has 142 valence electrons. The van der Waals surface area contributed by atoms with E-state index in [9.17, 15) is 4.79 Å². The summed E-state index contributed by atoms with van der Waals surface area (Å²) < 4.78 is 6.32. The summed E-state index contributed by atoms with van der Waals surface area (Å²) in [6, 6.07) is 18.2. The minimum absolute atomic E-state index is 0.147. The van der Waals surface area contributed by atoms with Crippen LogP contribution in [0.25, 0.3) is 0 Å². The third-order valence-electron chi connectivity index (χ3n) is 5.62. The van der Waals surface area contributed by atoms with Crippen LogP contribution in [0.15, 0.2) is 59.5 Å². The number of piperidine rings is 1. The number of carbonyl (C=O) groups is 1. The normalized spacial score (nSPS) is 21.2. The molecule has 0 bridgehead atoms. The summed E-state index contributed by atoms with van der Waals surface area (Å²) in [6.45, 7) is 1.63.